The van der Waals surface area contributed by atoms with Gasteiger partial charge in [0.25, 0.3) is 0 Å². The number of benzene rings is 5. The molecule has 47 heavy (non-hydrogen) atoms. The number of rotatable bonds is 8. The van der Waals surface area contributed by atoms with Crippen LogP contribution in [0.2, 0.25) is 5.02 Å². The van der Waals surface area contributed by atoms with Crippen LogP contribution in [0.3, 0.4) is 0 Å². The lowest BCUT2D eigenvalue weighted by molar-refractivity contribution is 0.474. The van der Waals surface area contributed by atoms with Crippen LogP contribution in [0.5, 0.6) is 11.5 Å². The Morgan fingerprint density at radius 3 is 2.15 bits per heavy atom. The molecule has 0 spiro atoms. The predicted octanol–water partition coefficient (Wildman–Crippen LogP) is 10.3. The van der Waals surface area contributed by atoms with Gasteiger partial charge in [-0.25, -0.2) is 10.8 Å². The Kier molecular flexibility index (Phi) is 12.2. The molecule has 2 aliphatic carbocycles. The highest BCUT2D eigenvalue weighted by molar-refractivity contribution is 8.13. The van der Waals surface area contributed by atoms with Crippen molar-refractivity contribution in [3.8, 4) is 11.5 Å². The fraction of sp³-hybridized carbons (Fsp3) is 0.275. The van der Waals surface area contributed by atoms with E-state index < -0.39 is 0 Å². The molecule has 5 aromatic carbocycles. The zero-order chi connectivity index (χ0) is 33.2. The minimum absolute atomic E-state index is 0.331. The molecule has 0 bridgehead atoms. The number of thioether (sulfide) groups is 1. The van der Waals surface area contributed by atoms with E-state index >= 15 is 0 Å². The van der Waals surface area contributed by atoms with Gasteiger partial charge in [0.2, 0.25) is 0 Å². The largest absolute Gasteiger partial charge is 0.508 e. The summed E-state index contributed by atoms with van der Waals surface area (Å²) in [7, 11) is 0. The number of nitrogens with two attached hydrogens (primary N) is 1. The third kappa shape index (κ3) is 9.54. The highest BCUT2D eigenvalue weighted by Crippen LogP contribution is 2.51. The van der Waals surface area contributed by atoms with Gasteiger partial charge in [0.1, 0.15) is 11.5 Å². The van der Waals surface area contributed by atoms with E-state index in [1.54, 1.807) is 36.0 Å². The van der Waals surface area contributed by atoms with Crippen molar-refractivity contribution in [2.75, 3.05) is 5.75 Å². The Labute approximate surface area is 287 Å². The maximum Gasteiger partial charge on any atom is 0.176 e. The Morgan fingerprint density at radius 2 is 1.43 bits per heavy atom. The average Bonchev–Trinajstić information content (AvgIpc) is 4.05. The minimum atomic E-state index is 0.331. The smallest absolute Gasteiger partial charge is 0.176 e. The number of aromatic hydroxyl groups is 2. The molecule has 5 nitrogen and oxygen atoms in total. The molecule has 5 N–H and O–H groups in total. The van der Waals surface area contributed by atoms with Gasteiger partial charge in [-0.15, -0.1) is 0 Å². The van der Waals surface area contributed by atoms with E-state index in [2.05, 4.69) is 35.8 Å². The summed E-state index contributed by atoms with van der Waals surface area (Å²) in [5.74, 6) is 9.96. The van der Waals surface area contributed by atoms with Crippen LogP contribution in [-0.4, -0.2) is 21.1 Å². The summed E-state index contributed by atoms with van der Waals surface area (Å²) in [6.45, 7) is 4.00. The lowest BCUT2D eigenvalue weighted by Crippen LogP contribution is -2.28. The fourth-order valence-electron chi connectivity index (χ4n) is 6.01. The summed E-state index contributed by atoms with van der Waals surface area (Å²) in [5, 5.41) is 22.4. The molecule has 0 saturated heterocycles. The number of nitrogens with zero attached hydrogens (tertiary/aromatic N) is 1. The summed E-state index contributed by atoms with van der Waals surface area (Å²) in [6, 6.07) is 37.6. The van der Waals surface area contributed by atoms with Crippen molar-refractivity contribution in [3.63, 3.8) is 0 Å². The van der Waals surface area contributed by atoms with Crippen LogP contribution in [0.25, 0.3) is 10.8 Å². The molecular formula is C40H44ClN3O2S. The van der Waals surface area contributed by atoms with Crippen LogP contribution < -0.4 is 11.3 Å². The number of amidine groups is 1. The molecule has 0 radical (unpaired) electrons. The van der Waals surface area contributed by atoms with E-state index in [0.29, 0.717) is 29.3 Å². The lowest BCUT2D eigenvalue weighted by atomic mass is 10.0. The normalized spacial score (nSPS) is 19.5. The monoisotopic (exact) mass is 665 g/mol. The van der Waals surface area contributed by atoms with Gasteiger partial charge >= 0.3 is 0 Å². The van der Waals surface area contributed by atoms with E-state index in [0.717, 1.165) is 39.4 Å². The first-order valence-electron chi connectivity index (χ1n) is 16.5. The first-order chi connectivity index (χ1) is 23.0. The van der Waals surface area contributed by atoms with Crippen LogP contribution >= 0.6 is 23.4 Å². The highest BCUT2D eigenvalue weighted by Gasteiger charge is 2.39. The molecule has 0 amide bonds. The number of nitrogens with one attached hydrogen (secondary N) is 1. The first kappa shape index (κ1) is 34.4. The maximum atomic E-state index is 9.28. The van der Waals surface area contributed by atoms with Crippen molar-refractivity contribution in [2.45, 2.75) is 51.4 Å². The van der Waals surface area contributed by atoms with Gasteiger partial charge in [-0.05, 0) is 108 Å². The maximum absolute atomic E-state index is 9.28. The third-order valence-electron chi connectivity index (χ3n) is 8.76. The van der Waals surface area contributed by atoms with Gasteiger partial charge in [-0.1, -0.05) is 116 Å². The number of hydrogen-bond acceptors (Lipinski definition) is 5. The zero-order valence-electron chi connectivity index (χ0n) is 27.0. The Bertz CT molecular complexity index is 1760. The van der Waals surface area contributed by atoms with Gasteiger partial charge in [0.15, 0.2) is 5.17 Å². The molecule has 0 aliphatic heterocycles. The molecule has 4 unspecified atom stereocenters. The standard InChI is InChI=1S/C21H20ClN3S.C17H18O2.C2H6/c22-19-10-4-3-9-17(19)18-12-15(18)13-26-21(25-23)24-20-11-5-7-14-6-1-2-8-16(14)20;18-15-7-2-12(3-8-15)1-4-14-11-17(14)13-5-9-16(19)10-6-13;1-2/h1-11,15,18H,12-13,23H2,(H,24,25);2-3,5-10,14,17-19H,1,4,11H2;1-2H3. The first-order valence-corrected chi connectivity index (χ1v) is 17.8. The van der Waals surface area contributed by atoms with Crippen molar-refractivity contribution < 1.29 is 10.2 Å². The topological polar surface area (TPSA) is 90.9 Å². The summed E-state index contributed by atoms with van der Waals surface area (Å²) < 4.78 is 0. The minimum Gasteiger partial charge on any atom is -0.508 e. The summed E-state index contributed by atoms with van der Waals surface area (Å²) in [5.41, 5.74) is 7.57. The zero-order valence-corrected chi connectivity index (χ0v) is 28.6. The molecule has 7 heteroatoms. The number of phenols is 2. The van der Waals surface area contributed by atoms with Crippen LogP contribution in [0, 0.1) is 11.8 Å². The second-order valence-electron chi connectivity index (χ2n) is 11.9. The van der Waals surface area contributed by atoms with Gasteiger partial charge in [0.05, 0.1) is 5.69 Å². The summed E-state index contributed by atoms with van der Waals surface area (Å²) in [4.78, 5) is 4.74. The van der Waals surface area contributed by atoms with Gasteiger partial charge < -0.3 is 15.6 Å². The number of aliphatic imine (C=N–C) groups is 1. The quantitative estimate of drug-likeness (QED) is 0.0573. The molecule has 0 aromatic heterocycles. The molecule has 2 fully saturated rings. The van der Waals surface area contributed by atoms with E-state index in [9.17, 15) is 10.2 Å². The van der Waals surface area contributed by atoms with Crippen molar-refractivity contribution in [3.05, 3.63) is 137 Å². The van der Waals surface area contributed by atoms with E-state index in [1.165, 1.54) is 41.3 Å². The summed E-state index contributed by atoms with van der Waals surface area (Å²) >= 11 is 7.99. The van der Waals surface area contributed by atoms with Gasteiger partial charge in [-0.3, -0.25) is 0 Å². The van der Waals surface area contributed by atoms with Crippen molar-refractivity contribution in [1.29, 1.82) is 0 Å². The Hall–Kier alpha value is -3.97. The summed E-state index contributed by atoms with van der Waals surface area (Å²) in [6.07, 6.45) is 4.68. The predicted molar refractivity (Wildman–Crippen MR) is 200 cm³/mol. The third-order valence-corrected chi connectivity index (χ3v) is 10.2. The number of hydrazine groups is 1. The van der Waals surface area contributed by atoms with Crippen molar-refractivity contribution in [2.24, 2.45) is 22.7 Å². The lowest BCUT2D eigenvalue weighted by Gasteiger charge is -2.07. The molecular weight excluding hydrogens is 622 g/mol. The molecule has 5 aromatic rings. The molecule has 0 heterocycles. The molecule has 2 aliphatic rings. The number of halogens is 1. The number of aryl methyl sites for hydroxylation is 1. The van der Waals surface area contributed by atoms with Crippen LogP contribution in [0.15, 0.2) is 120 Å². The average molecular weight is 666 g/mol. The van der Waals surface area contributed by atoms with E-state index in [1.807, 2.05) is 74.5 Å². The molecule has 4 atom stereocenters. The Morgan fingerprint density at radius 1 is 0.787 bits per heavy atom. The van der Waals surface area contributed by atoms with Gasteiger partial charge in [0, 0.05) is 16.2 Å². The van der Waals surface area contributed by atoms with Gasteiger partial charge in [-0.2, -0.15) is 0 Å². The highest BCUT2D eigenvalue weighted by atomic mass is 35.5. The SMILES string of the molecule is CC.NNC(=Nc1cccc2ccccc12)SCC1CC1c1ccccc1Cl.Oc1ccc(CCC2CC2c2ccc(O)cc2)cc1. The Balaban J connectivity index is 0.000000183. The number of fused-ring (bicyclic) bond motifs is 1. The van der Waals surface area contributed by atoms with Crippen LogP contribution in [0.1, 0.15) is 61.6 Å². The van der Waals surface area contributed by atoms with Crippen molar-refractivity contribution in [1.82, 2.24) is 5.43 Å². The number of hydrogen-bond donors (Lipinski definition) is 4. The fourth-order valence-corrected chi connectivity index (χ4v) is 7.27. The van der Waals surface area contributed by atoms with Crippen LogP contribution in [-0.2, 0) is 6.42 Å². The van der Waals surface area contributed by atoms with E-state index in [-0.39, 0.29) is 0 Å². The molecule has 2 saturated carbocycles. The second kappa shape index (κ2) is 16.7. The number of phenolic OH excluding ortho intramolecular Hbond substituents is 2. The molecule has 7 rings (SSSR count). The van der Waals surface area contributed by atoms with Crippen LogP contribution in [0.4, 0.5) is 5.69 Å². The second-order valence-corrected chi connectivity index (χ2v) is 13.3. The van der Waals surface area contributed by atoms with Crippen molar-refractivity contribution >= 4 is 45.0 Å². The van der Waals surface area contributed by atoms with E-state index in [4.69, 9.17) is 22.4 Å². The molecule has 244 valence electrons.